The van der Waals surface area contributed by atoms with E-state index >= 15 is 0 Å². The third kappa shape index (κ3) is 55.8. The number of hydrogen-bond donors (Lipinski definition) is 0. The quantitative estimate of drug-likeness (QED) is 0.0261. The molecule has 0 N–H and O–H groups in total. The summed E-state index contributed by atoms with van der Waals surface area (Å²) < 4.78 is 16.7. The first-order valence-electron chi connectivity index (χ1n) is 29.9. The zero-order valence-electron chi connectivity index (χ0n) is 46.3. The maximum Gasteiger partial charge on any atom is 0.306 e. The number of hydrogen-bond acceptors (Lipinski definition) is 6. The summed E-state index contributed by atoms with van der Waals surface area (Å²) in [6.07, 6.45) is 75.3. The molecule has 0 amide bonds. The Bertz CT molecular complexity index is 1310. The molecule has 0 heterocycles. The lowest BCUT2D eigenvalue weighted by Gasteiger charge is -2.18. The number of rotatable bonds is 54. The van der Waals surface area contributed by atoms with E-state index in [0.29, 0.717) is 19.3 Å². The van der Waals surface area contributed by atoms with E-state index in [1.807, 2.05) is 0 Å². The van der Waals surface area contributed by atoms with Crippen molar-refractivity contribution in [3.63, 3.8) is 0 Å². The van der Waals surface area contributed by atoms with Crippen LogP contribution in [0.2, 0.25) is 0 Å². The largest absolute Gasteiger partial charge is 0.462 e. The Balaban J connectivity index is 4.01. The molecule has 0 saturated carbocycles. The van der Waals surface area contributed by atoms with E-state index in [4.69, 9.17) is 14.2 Å². The van der Waals surface area contributed by atoms with Crippen molar-refractivity contribution in [2.75, 3.05) is 13.2 Å². The van der Waals surface area contributed by atoms with Gasteiger partial charge >= 0.3 is 17.9 Å². The molecule has 0 spiro atoms. The standard InChI is InChI=1S/C64H112O6/c1-4-7-10-13-16-18-20-22-24-25-26-27-28-29-30-31-32-33-34-35-36-37-38-39-41-42-44-46-48-51-54-57-63(66)69-60-61(59-68-62(65)56-53-50-15-12-9-6-3)70-64(67)58-55-52-49-47-45-43-40-23-21-19-17-14-11-8-5-2/h8,11,17,19-20,22-23,25-26,40,45,47,61H,4-7,9-10,12-16,18,21,24,27-39,41-44,46,48-60H2,1-3H3/b11-8-,19-17-,22-20-,26-25-,40-23-,47-45-. The van der Waals surface area contributed by atoms with E-state index in [0.717, 1.165) is 83.5 Å². The van der Waals surface area contributed by atoms with Crippen molar-refractivity contribution in [1.82, 2.24) is 0 Å². The van der Waals surface area contributed by atoms with E-state index in [1.165, 1.54) is 167 Å². The van der Waals surface area contributed by atoms with Gasteiger partial charge in [0, 0.05) is 19.3 Å². The van der Waals surface area contributed by atoms with Crippen LogP contribution in [0.25, 0.3) is 0 Å². The van der Waals surface area contributed by atoms with Gasteiger partial charge in [-0.3, -0.25) is 14.4 Å². The van der Waals surface area contributed by atoms with E-state index in [-0.39, 0.29) is 37.5 Å². The molecule has 0 aromatic heterocycles. The fourth-order valence-electron chi connectivity index (χ4n) is 8.47. The fraction of sp³-hybridized carbons (Fsp3) is 0.766. The Morgan fingerprint density at radius 2 is 0.557 bits per heavy atom. The second kappa shape index (κ2) is 58.4. The number of unbranched alkanes of at least 4 members (excludes halogenated alkanes) is 31. The molecule has 0 aromatic rings. The highest BCUT2D eigenvalue weighted by molar-refractivity contribution is 5.71. The summed E-state index contributed by atoms with van der Waals surface area (Å²) in [7, 11) is 0. The van der Waals surface area contributed by atoms with Gasteiger partial charge in [-0.1, -0.05) is 261 Å². The second-order valence-electron chi connectivity index (χ2n) is 19.9. The van der Waals surface area contributed by atoms with Crippen LogP contribution in [0, 0.1) is 0 Å². The highest BCUT2D eigenvalue weighted by Crippen LogP contribution is 2.16. The number of carbonyl (C=O) groups is 3. The highest BCUT2D eigenvalue weighted by atomic mass is 16.6. The summed E-state index contributed by atoms with van der Waals surface area (Å²) in [4.78, 5) is 37.8. The Labute approximate surface area is 433 Å². The first-order valence-corrected chi connectivity index (χ1v) is 29.9. The summed E-state index contributed by atoms with van der Waals surface area (Å²) in [5.41, 5.74) is 0. The first-order chi connectivity index (χ1) is 34.5. The molecule has 404 valence electrons. The van der Waals surface area contributed by atoms with Gasteiger partial charge in [-0.15, -0.1) is 0 Å². The van der Waals surface area contributed by atoms with Gasteiger partial charge in [0.05, 0.1) is 0 Å². The van der Waals surface area contributed by atoms with Crippen LogP contribution in [-0.2, 0) is 28.6 Å². The molecular weight excluding hydrogens is 865 g/mol. The van der Waals surface area contributed by atoms with Crippen molar-refractivity contribution in [2.24, 2.45) is 0 Å². The Kier molecular flexibility index (Phi) is 55.8. The summed E-state index contributed by atoms with van der Waals surface area (Å²) in [5.74, 6) is -0.934. The van der Waals surface area contributed by atoms with Crippen molar-refractivity contribution < 1.29 is 28.6 Å². The van der Waals surface area contributed by atoms with E-state index in [9.17, 15) is 14.4 Å². The molecule has 0 aliphatic rings. The monoisotopic (exact) mass is 977 g/mol. The average Bonchev–Trinajstić information content (AvgIpc) is 3.36. The summed E-state index contributed by atoms with van der Waals surface area (Å²) in [6.45, 7) is 6.44. The van der Waals surface area contributed by atoms with E-state index < -0.39 is 6.10 Å². The maximum atomic E-state index is 12.8. The molecule has 1 atom stereocenters. The summed E-state index contributed by atoms with van der Waals surface area (Å²) in [5, 5.41) is 0. The van der Waals surface area contributed by atoms with Crippen LogP contribution >= 0.6 is 0 Å². The van der Waals surface area contributed by atoms with Crippen LogP contribution in [0.15, 0.2) is 72.9 Å². The van der Waals surface area contributed by atoms with E-state index in [1.54, 1.807) is 0 Å². The maximum absolute atomic E-state index is 12.8. The molecule has 0 bridgehead atoms. The molecular formula is C64H112O6. The summed E-state index contributed by atoms with van der Waals surface area (Å²) >= 11 is 0. The Morgan fingerprint density at radius 1 is 0.300 bits per heavy atom. The van der Waals surface area contributed by atoms with Crippen LogP contribution in [-0.4, -0.2) is 37.2 Å². The minimum absolute atomic E-state index is 0.0896. The Morgan fingerprint density at radius 3 is 0.900 bits per heavy atom. The molecule has 6 heteroatoms. The molecule has 0 radical (unpaired) electrons. The number of ether oxygens (including phenoxy) is 3. The number of carbonyl (C=O) groups excluding carboxylic acids is 3. The molecule has 0 aliphatic heterocycles. The molecule has 0 saturated heterocycles. The molecule has 70 heavy (non-hydrogen) atoms. The van der Waals surface area contributed by atoms with Gasteiger partial charge in [0.1, 0.15) is 13.2 Å². The predicted molar refractivity (Wildman–Crippen MR) is 302 cm³/mol. The first kappa shape index (κ1) is 66.9. The van der Waals surface area contributed by atoms with Gasteiger partial charge in [0.25, 0.3) is 0 Å². The SMILES string of the molecule is CC/C=C\C/C=C\C/C=C\C/C=C\CCCCC(=O)OC(COC(=O)CCCCCCCC)COC(=O)CCCCCCCCCCCCCCCCCCCCC/C=C\C/C=C\CCCCCCC. The van der Waals surface area contributed by atoms with Crippen molar-refractivity contribution in [1.29, 1.82) is 0 Å². The third-order valence-electron chi connectivity index (χ3n) is 12.9. The van der Waals surface area contributed by atoms with E-state index in [2.05, 4.69) is 93.7 Å². The minimum atomic E-state index is -0.792. The number of allylic oxidation sites excluding steroid dienone is 12. The third-order valence-corrected chi connectivity index (χ3v) is 12.9. The van der Waals surface area contributed by atoms with Gasteiger partial charge in [0.15, 0.2) is 6.10 Å². The van der Waals surface area contributed by atoms with Crippen molar-refractivity contribution >= 4 is 17.9 Å². The van der Waals surface area contributed by atoms with Gasteiger partial charge < -0.3 is 14.2 Å². The molecule has 0 aromatic carbocycles. The topological polar surface area (TPSA) is 78.9 Å². The van der Waals surface area contributed by atoms with Gasteiger partial charge in [0.2, 0.25) is 0 Å². The Hall–Kier alpha value is -3.15. The lowest BCUT2D eigenvalue weighted by atomic mass is 10.0. The zero-order valence-corrected chi connectivity index (χ0v) is 46.3. The molecule has 1 unspecified atom stereocenters. The van der Waals surface area contributed by atoms with Gasteiger partial charge in [-0.05, 0) is 89.9 Å². The number of esters is 3. The smallest absolute Gasteiger partial charge is 0.306 e. The van der Waals surface area contributed by atoms with Crippen LogP contribution in [0.1, 0.15) is 297 Å². The minimum Gasteiger partial charge on any atom is -0.462 e. The van der Waals surface area contributed by atoms with Crippen molar-refractivity contribution in [2.45, 2.75) is 303 Å². The van der Waals surface area contributed by atoms with Gasteiger partial charge in [-0.2, -0.15) is 0 Å². The lowest BCUT2D eigenvalue weighted by molar-refractivity contribution is -0.167. The predicted octanol–water partition coefficient (Wildman–Crippen LogP) is 20.2. The van der Waals surface area contributed by atoms with Crippen molar-refractivity contribution in [3.8, 4) is 0 Å². The van der Waals surface area contributed by atoms with Gasteiger partial charge in [-0.25, -0.2) is 0 Å². The fourth-order valence-corrected chi connectivity index (χ4v) is 8.47. The van der Waals surface area contributed by atoms with Crippen LogP contribution in [0.5, 0.6) is 0 Å². The highest BCUT2D eigenvalue weighted by Gasteiger charge is 2.19. The lowest BCUT2D eigenvalue weighted by Crippen LogP contribution is -2.30. The van der Waals surface area contributed by atoms with Crippen LogP contribution in [0.3, 0.4) is 0 Å². The normalized spacial score (nSPS) is 12.6. The van der Waals surface area contributed by atoms with Crippen molar-refractivity contribution in [3.05, 3.63) is 72.9 Å². The zero-order chi connectivity index (χ0) is 50.7. The summed E-state index contributed by atoms with van der Waals surface area (Å²) in [6, 6.07) is 0. The van der Waals surface area contributed by atoms with Crippen LogP contribution in [0.4, 0.5) is 0 Å². The molecule has 0 fully saturated rings. The molecule has 0 rings (SSSR count). The molecule has 6 nitrogen and oxygen atoms in total. The average molecular weight is 978 g/mol. The molecule has 0 aliphatic carbocycles. The van der Waals surface area contributed by atoms with Crippen LogP contribution < -0.4 is 0 Å². The second-order valence-corrected chi connectivity index (χ2v) is 19.9.